The standard InChI is InChI=1S/C8H13N2O.BrH/c1-10(7-4-9)5-2-8(11)3-6-10;/h2-3,5-7H2,1H3;1H/q+1;/p-1. The molecule has 1 aliphatic heterocycles. The Morgan fingerprint density at radius 2 is 2.00 bits per heavy atom. The third kappa shape index (κ3) is 2.92. The molecule has 0 aromatic rings. The Labute approximate surface area is 83.3 Å². The fourth-order valence-corrected chi connectivity index (χ4v) is 1.35. The molecule has 12 heavy (non-hydrogen) atoms. The minimum Gasteiger partial charge on any atom is -1.00 e. The predicted molar refractivity (Wildman–Crippen MR) is 40.6 cm³/mol. The zero-order chi connectivity index (χ0) is 8.32. The number of halogens is 1. The molecule has 0 atom stereocenters. The quantitative estimate of drug-likeness (QED) is 0.366. The summed E-state index contributed by atoms with van der Waals surface area (Å²) in [6.07, 6.45) is 1.30. The molecule has 1 saturated heterocycles. The van der Waals surface area contributed by atoms with E-state index in [1.807, 2.05) is 7.05 Å². The first-order valence-electron chi connectivity index (χ1n) is 3.88. The van der Waals surface area contributed by atoms with Gasteiger partial charge in [-0.25, -0.2) is 0 Å². The largest absolute Gasteiger partial charge is 1.00 e. The van der Waals surface area contributed by atoms with Crippen molar-refractivity contribution in [2.24, 2.45) is 0 Å². The lowest BCUT2D eigenvalue weighted by Crippen LogP contribution is -3.00. The number of nitrogens with zero attached hydrogens (tertiary/aromatic N) is 2. The van der Waals surface area contributed by atoms with E-state index in [9.17, 15) is 4.79 Å². The number of hydrogen-bond acceptors (Lipinski definition) is 2. The maximum absolute atomic E-state index is 10.9. The lowest BCUT2D eigenvalue weighted by Gasteiger charge is -2.34. The van der Waals surface area contributed by atoms with Crippen LogP contribution in [0.1, 0.15) is 12.8 Å². The first-order valence-corrected chi connectivity index (χ1v) is 3.88. The van der Waals surface area contributed by atoms with E-state index in [2.05, 4.69) is 6.07 Å². The Balaban J connectivity index is 0.00000121. The van der Waals surface area contributed by atoms with Crippen LogP contribution in [0.15, 0.2) is 0 Å². The topological polar surface area (TPSA) is 40.9 Å². The van der Waals surface area contributed by atoms with E-state index in [1.165, 1.54) is 0 Å². The van der Waals surface area contributed by atoms with Crippen molar-refractivity contribution in [3.05, 3.63) is 0 Å². The van der Waals surface area contributed by atoms with Gasteiger partial charge < -0.3 is 21.5 Å². The number of nitriles is 1. The Hall–Kier alpha value is -0.400. The van der Waals surface area contributed by atoms with E-state index in [4.69, 9.17) is 5.26 Å². The monoisotopic (exact) mass is 232 g/mol. The molecule has 0 amide bonds. The fourth-order valence-electron chi connectivity index (χ4n) is 1.35. The second-order valence-electron chi connectivity index (χ2n) is 3.42. The lowest BCUT2D eigenvalue weighted by atomic mass is 10.1. The minimum atomic E-state index is 0. The number of piperidine rings is 1. The molecule has 1 rings (SSSR count). The van der Waals surface area contributed by atoms with E-state index in [0.717, 1.165) is 17.6 Å². The maximum Gasteiger partial charge on any atom is 0.166 e. The van der Waals surface area contributed by atoms with Crippen molar-refractivity contribution in [3.8, 4) is 6.07 Å². The van der Waals surface area contributed by atoms with Crippen LogP contribution in [0.4, 0.5) is 0 Å². The highest BCUT2D eigenvalue weighted by Crippen LogP contribution is 2.12. The van der Waals surface area contributed by atoms with Crippen molar-refractivity contribution in [1.82, 2.24) is 0 Å². The summed E-state index contributed by atoms with van der Waals surface area (Å²) in [4.78, 5) is 10.9. The number of hydrogen-bond donors (Lipinski definition) is 0. The highest BCUT2D eigenvalue weighted by atomic mass is 79.9. The number of Topliss-reactive ketones (excluding diaryl/α,β-unsaturated/α-hetero) is 1. The van der Waals surface area contributed by atoms with Crippen molar-refractivity contribution in [1.29, 1.82) is 5.26 Å². The second kappa shape index (κ2) is 4.58. The van der Waals surface area contributed by atoms with E-state index in [1.54, 1.807) is 0 Å². The molecule has 0 unspecified atom stereocenters. The van der Waals surface area contributed by atoms with E-state index < -0.39 is 0 Å². The molecular formula is C8H13BrN2O. The van der Waals surface area contributed by atoms with Gasteiger partial charge in [0.1, 0.15) is 11.9 Å². The Kier molecular flexibility index (Phi) is 4.43. The number of carbonyl (C=O) groups excluding carboxylic acids is 1. The van der Waals surface area contributed by atoms with Gasteiger partial charge in [-0.15, -0.1) is 0 Å². The van der Waals surface area contributed by atoms with Gasteiger partial charge in [0.15, 0.2) is 6.54 Å². The molecule has 1 fully saturated rings. The van der Waals surface area contributed by atoms with Gasteiger partial charge in [0.2, 0.25) is 0 Å². The lowest BCUT2D eigenvalue weighted by molar-refractivity contribution is -0.904. The summed E-state index contributed by atoms with van der Waals surface area (Å²) in [5.74, 6) is 0.346. The Bertz CT molecular complexity index is 200. The first-order chi connectivity index (χ1) is 5.16. The Morgan fingerprint density at radius 3 is 2.42 bits per heavy atom. The normalized spacial score (nSPS) is 20.8. The minimum absolute atomic E-state index is 0. The van der Waals surface area contributed by atoms with Crippen LogP contribution >= 0.6 is 0 Å². The molecule has 0 radical (unpaired) electrons. The van der Waals surface area contributed by atoms with Crippen LogP contribution < -0.4 is 17.0 Å². The molecule has 0 aromatic carbocycles. The summed E-state index contributed by atoms with van der Waals surface area (Å²) in [6.45, 7) is 2.21. The number of carbonyl (C=O) groups is 1. The van der Waals surface area contributed by atoms with Crippen molar-refractivity contribution in [3.63, 3.8) is 0 Å². The molecule has 0 aromatic heterocycles. The van der Waals surface area contributed by atoms with Gasteiger partial charge in [-0.1, -0.05) is 0 Å². The SMILES string of the molecule is C[N+]1(CC#N)CCC(=O)CC1.[Br-]. The smallest absolute Gasteiger partial charge is 0.166 e. The molecule has 1 aliphatic rings. The van der Waals surface area contributed by atoms with Gasteiger partial charge in [0.25, 0.3) is 0 Å². The summed E-state index contributed by atoms with van der Waals surface area (Å²) >= 11 is 0. The van der Waals surface area contributed by atoms with Crippen LogP contribution in [-0.2, 0) is 4.79 Å². The van der Waals surface area contributed by atoms with Crippen LogP contribution in [0.25, 0.3) is 0 Å². The number of likely N-dealkylation sites (tertiary alicyclic amines) is 1. The molecule has 0 saturated carbocycles. The summed E-state index contributed by atoms with van der Waals surface area (Å²) in [5.41, 5.74) is 0. The average Bonchev–Trinajstić information content (AvgIpc) is 1.97. The third-order valence-electron chi connectivity index (χ3n) is 2.31. The van der Waals surface area contributed by atoms with Gasteiger partial charge in [-0.3, -0.25) is 4.79 Å². The molecule has 68 valence electrons. The van der Waals surface area contributed by atoms with Crippen molar-refractivity contribution < 1.29 is 26.3 Å². The zero-order valence-electron chi connectivity index (χ0n) is 7.22. The molecule has 1 heterocycles. The fraction of sp³-hybridized carbons (Fsp3) is 0.750. The van der Waals surface area contributed by atoms with Gasteiger partial charge in [-0.05, 0) is 0 Å². The molecule has 0 aliphatic carbocycles. The van der Waals surface area contributed by atoms with E-state index in [-0.39, 0.29) is 17.0 Å². The van der Waals surface area contributed by atoms with E-state index in [0.29, 0.717) is 25.2 Å². The Morgan fingerprint density at radius 1 is 1.50 bits per heavy atom. The molecular weight excluding hydrogens is 220 g/mol. The van der Waals surface area contributed by atoms with Crippen LogP contribution in [0.2, 0.25) is 0 Å². The summed E-state index contributed by atoms with van der Waals surface area (Å²) in [6, 6.07) is 2.15. The maximum atomic E-state index is 10.9. The molecule has 0 N–H and O–H groups in total. The van der Waals surface area contributed by atoms with Crippen LogP contribution in [0.3, 0.4) is 0 Å². The highest BCUT2D eigenvalue weighted by molar-refractivity contribution is 5.78. The van der Waals surface area contributed by atoms with Gasteiger partial charge in [0.05, 0.1) is 33.0 Å². The van der Waals surface area contributed by atoms with Crippen LogP contribution in [-0.4, -0.2) is 36.9 Å². The average molecular weight is 233 g/mol. The predicted octanol–water partition coefficient (Wildman–Crippen LogP) is -2.68. The number of ketones is 1. The van der Waals surface area contributed by atoms with Crippen LogP contribution in [0, 0.1) is 11.3 Å². The third-order valence-corrected chi connectivity index (χ3v) is 2.31. The van der Waals surface area contributed by atoms with Crippen LogP contribution in [0.5, 0.6) is 0 Å². The molecule has 0 spiro atoms. The first kappa shape index (κ1) is 11.6. The number of rotatable bonds is 1. The van der Waals surface area contributed by atoms with Gasteiger partial charge in [0, 0.05) is 0 Å². The highest BCUT2D eigenvalue weighted by Gasteiger charge is 2.27. The zero-order valence-corrected chi connectivity index (χ0v) is 8.80. The van der Waals surface area contributed by atoms with Gasteiger partial charge >= 0.3 is 0 Å². The second-order valence-corrected chi connectivity index (χ2v) is 3.42. The summed E-state index contributed by atoms with van der Waals surface area (Å²) < 4.78 is 0.752. The van der Waals surface area contributed by atoms with Gasteiger partial charge in [-0.2, -0.15) is 5.26 Å². The summed E-state index contributed by atoms with van der Waals surface area (Å²) in [7, 11) is 2.04. The molecule has 0 bridgehead atoms. The van der Waals surface area contributed by atoms with E-state index >= 15 is 0 Å². The van der Waals surface area contributed by atoms with Crippen molar-refractivity contribution in [2.75, 3.05) is 26.7 Å². The number of quaternary nitrogens is 1. The van der Waals surface area contributed by atoms with Crippen molar-refractivity contribution in [2.45, 2.75) is 12.8 Å². The molecule has 4 heteroatoms. The molecule has 3 nitrogen and oxygen atoms in total. The summed E-state index contributed by atoms with van der Waals surface area (Å²) in [5, 5.41) is 8.50. The van der Waals surface area contributed by atoms with Crippen molar-refractivity contribution >= 4 is 5.78 Å².